The van der Waals surface area contributed by atoms with Crippen molar-refractivity contribution in [3.05, 3.63) is 29.3 Å². The standard InChI is InChI=1S/C18H32N2O/c1-7-10-19-17(13-20(5)12-14(2)3)16-11-15(4)8-9-18(16)21-6/h8-9,11,14,17,19H,7,10,12-13H2,1-6H3. The summed E-state index contributed by atoms with van der Waals surface area (Å²) in [5.74, 6) is 1.66. The average molecular weight is 292 g/mol. The van der Waals surface area contributed by atoms with Gasteiger partial charge in [0.2, 0.25) is 0 Å². The van der Waals surface area contributed by atoms with Crippen molar-refractivity contribution in [2.24, 2.45) is 5.92 Å². The van der Waals surface area contributed by atoms with Crippen LogP contribution < -0.4 is 10.1 Å². The van der Waals surface area contributed by atoms with Gasteiger partial charge in [-0.1, -0.05) is 38.5 Å². The van der Waals surface area contributed by atoms with Gasteiger partial charge >= 0.3 is 0 Å². The predicted octanol–water partition coefficient (Wildman–Crippen LogP) is 3.63. The molecular formula is C18H32N2O. The molecule has 1 atom stereocenters. The third-order valence-electron chi connectivity index (χ3n) is 3.57. The Bertz CT molecular complexity index is 418. The van der Waals surface area contributed by atoms with Gasteiger partial charge in [-0.2, -0.15) is 0 Å². The van der Waals surface area contributed by atoms with Crippen LogP contribution in [0.3, 0.4) is 0 Å². The van der Waals surface area contributed by atoms with Crippen molar-refractivity contribution in [3.8, 4) is 5.75 Å². The van der Waals surface area contributed by atoms with Crippen molar-refractivity contribution in [1.29, 1.82) is 0 Å². The Morgan fingerprint density at radius 2 is 1.95 bits per heavy atom. The van der Waals surface area contributed by atoms with Crippen LogP contribution in [-0.2, 0) is 0 Å². The highest BCUT2D eigenvalue weighted by molar-refractivity contribution is 5.39. The molecule has 1 rings (SSSR count). The molecule has 0 bridgehead atoms. The summed E-state index contributed by atoms with van der Waals surface area (Å²) < 4.78 is 5.57. The lowest BCUT2D eigenvalue weighted by Gasteiger charge is -2.28. The van der Waals surface area contributed by atoms with Crippen LogP contribution in [0.15, 0.2) is 18.2 Å². The molecule has 0 saturated heterocycles. The van der Waals surface area contributed by atoms with Crippen molar-refractivity contribution in [3.63, 3.8) is 0 Å². The molecule has 0 saturated carbocycles. The smallest absolute Gasteiger partial charge is 0.123 e. The first kappa shape index (κ1) is 18.0. The van der Waals surface area contributed by atoms with E-state index in [1.165, 1.54) is 11.1 Å². The number of nitrogens with zero attached hydrogens (tertiary/aromatic N) is 1. The first-order valence-corrected chi connectivity index (χ1v) is 8.04. The maximum Gasteiger partial charge on any atom is 0.123 e. The molecule has 1 aromatic rings. The minimum atomic E-state index is 0.309. The first-order valence-electron chi connectivity index (χ1n) is 8.04. The van der Waals surface area contributed by atoms with Crippen LogP contribution in [-0.4, -0.2) is 38.7 Å². The molecule has 0 aliphatic heterocycles. The SMILES string of the molecule is CCCNC(CN(C)CC(C)C)c1cc(C)ccc1OC. The molecule has 21 heavy (non-hydrogen) atoms. The topological polar surface area (TPSA) is 24.5 Å². The highest BCUT2D eigenvalue weighted by Gasteiger charge is 2.18. The van der Waals surface area contributed by atoms with Crippen LogP contribution in [0.1, 0.15) is 44.4 Å². The maximum absolute atomic E-state index is 5.57. The van der Waals surface area contributed by atoms with Gasteiger partial charge in [0, 0.05) is 24.7 Å². The highest BCUT2D eigenvalue weighted by Crippen LogP contribution is 2.27. The zero-order chi connectivity index (χ0) is 15.8. The van der Waals surface area contributed by atoms with Crippen LogP contribution in [0.25, 0.3) is 0 Å². The number of ether oxygens (including phenoxy) is 1. The van der Waals surface area contributed by atoms with Crippen LogP contribution in [0.5, 0.6) is 5.75 Å². The molecule has 1 unspecified atom stereocenters. The summed E-state index contributed by atoms with van der Waals surface area (Å²) in [6, 6.07) is 6.74. The molecule has 3 nitrogen and oxygen atoms in total. The van der Waals surface area contributed by atoms with Gasteiger partial charge in [0.15, 0.2) is 0 Å². The number of methoxy groups -OCH3 is 1. The van der Waals surface area contributed by atoms with E-state index in [2.05, 4.69) is 63.2 Å². The Hall–Kier alpha value is -1.06. The number of rotatable bonds is 9. The molecular weight excluding hydrogens is 260 g/mol. The zero-order valence-electron chi connectivity index (χ0n) is 14.6. The number of likely N-dealkylation sites (N-methyl/N-ethyl adjacent to an activating group) is 1. The third-order valence-corrected chi connectivity index (χ3v) is 3.57. The second kappa shape index (κ2) is 9.06. The van der Waals surface area contributed by atoms with Gasteiger partial charge in [-0.05, 0) is 38.9 Å². The molecule has 0 spiro atoms. The molecule has 0 radical (unpaired) electrons. The van der Waals surface area contributed by atoms with Gasteiger partial charge in [0.25, 0.3) is 0 Å². The summed E-state index contributed by atoms with van der Waals surface area (Å²) in [5.41, 5.74) is 2.54. The molecule has 0 aromatic heterocycles. The summed E-state index contributed by atoms with van der Waals surface area (Å²) >= 11 is 0. The number of hydrogen-bond acceptors (Lipinski definition) is 3. The Morgan fingerprint density at radius 3 is 2.52 bits per heavy atom. The van der Waals surface area contributed by atoms with E-state index < -0.39 is 0 Å². The number of hydrogen-bond donors (Lipinski definition) is 1. The number of nitrogens with one attached hydrogen (secondary N) is 1. The maximum atomic E-state index is 5.57. The minimum Gasteiger partial charge on any atom is -0.496 e. The monoisotopic (exact) mass is 292 g/mol. The second-order valence-electron chi connectivity index (χ2n) is 6.37. The minimum absolute atomic E-state index is 0.309. The molecule has 0 aliphatic carbocycles. The van der Waals surface area contributed by atoms with E-state index in [0.717, 1.165) is 31.8 Å². The van der Waals surface area contributed by atoms with Crippen LogP contribution in [0, 0.1) is 12.8 Å². The molecule has 0 heterocycles. The number of benzene rings is 1. The van der Waals surface area contributed by atoms with Crippen molar-refractivity contribution < 1.29 is 4.74 Å². The van der Waals surface area contributed by atoms with Gasteiger partial charge in [-0.15, -0.1) is 0 Å². The molecule has 0 amide bonds. The molecule has 1 N–H and O–H groups in total. The van der Waals surface area contributed by atoms with Crippen molar-refractivity contribution >= 4 is 0 Å². The van der Waals surface area contributed by atoms with Gasteiger partial charge in [0.05, 0.1) is 7.11 Å². The Labute approximate surface area is 130 Å². The van der Waals surface area contributed by atoms with E-state index in [9.17, 15) is 0 Å². The van der Waals surface area contributed by atoms with Gasteiger partial charge in [0.1, 0.15) is 5.75 Å². The summed E-state index contributed by atoms with van der Waals surface area (Å²) in [7, 11) is 3.95. The Kier molecular flexibility index (Phi) is 7.76. The molecule has 1 aromatic carbocycles. The van der Waals surface area contributed by atoms with Gasteiger partial charge in [-0.3, -0.25) is 0 Å². The Balaban J connectivity index is 2.93. The van der Waals surface area contributed by atoms with E-state index in [-0.39, 0.29) is 0 Å². The van der Waals surface area contributed by atoms with E-state index >= 15 is 0 Å². The van der Waals surface area contributed by atoms with E-state index in [1.807, 2.05) is 0 Å². The molecule has 0 fully saturated rings. The fourth-order valence-electron chi connectivity index (χ4n) is 2.73. The van der Waals surface area contributed by atoms with Crippen LogP contribution >= 0.6 is 0 Å². The third kappa shape index (κ3) is 6.06. The number of aryl methyl sites for hydroxylation is 1. The molecule has 0 aliphatic rings. The normalized spacial score (nSPS) is 13.0. The van der Waals surface area contributed by atoms with Gasteiger partial charge < -0.3 is 15.0 Å². The van der Waals surface area contributed by atoms with Crippen molar-refractivity contribution in [2.45, 2.75) is 40.2 Å². The lowest BCUT2D eigenvalue weighted by atomic mass is 10.0. The van der Waals surface area contributed by atoms with E-state index in [4.69, 9.17) is 4.74 Å². The quantitative estimate of drug-likeness (QED) is 0.752. The fourth-order valence-corrected chi connectivity index (χ4v) is 2.73. The molecule has 3 heteroatoms. The average Bonchev–Trinajstić information content (AvgIpc) is 2.42. The van der Waals surface area contributed by atoms with E-state index in [0.29, 0.717) is 12.0 Å². The lowest BCUT2D eigenvalue weighted by molar-refractivity contribution is 0.259. The predicted molar refractivity (Wildman–Crippen MR) is 91.1 cm³/mol. The van der Waals surface area contributed by atoms with Crippen LogP contribution in [0.2, 0.25) is 0 Å². The zero-order valence-corrected chi connectivity index (χ0v) is 14.6. The largest absolute Gasteiger partial charge is 0.496 e. The first-order chi connectivity index (χ1) is 9.97. The van der Waals surface area contributed by atoms with Crippen molar-refractivity contribution in [1.82, 2.24) is 10.2 Å². The summed E-state index contributed by atoms with van der Waals surface area (Å²) in [6.07, 6.45) is 1.14. The van der Waals surface area contributed by atoms with E-state index in [1.54, 1.807) is 7.11 Å². The lowest BCUT2D eigenvalue weighted by Crippen LogP contribution is -2.35. The highest BCUT2D eigenvalue weighted by atomic mass is 16.5. The molecule has 120 valence electrons. The Morgan fingerprint density at radius 1 is 1.24 bits per heavy atom. The fraction of sp³-hybridized carbons (Fsp3) is 0.667. The van der Waals surface area contributed by atoms with Crippen molar-refractivity contribution in [2.75, 3.05) is 33.8 Å². The summed E-state index contributed by atoms with van der Waals surface area (Å²) in [5, 5.41) is 3.67. The second-order valence-corrected chi connectivity index (χ2v) is 6.37. The summed E-state index contributed by atoms with van der Waals surface area (Å²) in [6.45, 7) is 12.0. The van der Waals surface area contributed by atoms with Gasteiger partial charge in [-0.25, -0.2) is 0 Å². The van der Waals surface area contributed by atoms with Crippen LogP contribution in [0.4, 0.5) is 0 Å². The summed E-state index contributed by atoms with van der Waals surface area (Å²) in [4.78, 5) is 2.40.